The van der Waals surface area contributed by atoms with Crippen LogP contribution < -0.4 is 0 Å². The third kappa shape index (κ3) is 6.44. The average molecular weight is 269 g/mol. The molecule has 0 aliphatic heterocycles. The Balaban J connectivity index is 5.03. The number of rotatable bonds is 5. The number of hydrogen-bond donors (Lipinski definition) is 0. The summed E-state index contributed by atoms with van der Waals surface area (Å²) in [5, 5.41) is 0.245. The molecule has 0 aromatic rings. The molecule has 18 heavy (non-hydrogen) atoms. The molecule has 0 aromatic carbocycles. The van der Waals surface area contributed by atoms with Crippen molar-refractivity contribution in [3.05, 3.63) is 24.0 Å². The Morgan fingerprint density at radius 3 is 1.83 bits per heavy atom. The zero-order valence-electron chi connectivity index (χ0n) is 13.8. The minimum absolute atomic E-state index is 0.245. The Morgan fingerprint density at radius 1 is 1.00 bits per heavy atom. The first-order chi connectivity index (χ1) is 7.95. The van der Waals surface area contributed by atoms with E-state index in [1.807, 2.05) is 0 Å². The van der Waals surface area contributed by atoms with Gasteiger partial charge in [-0.25, -0.2) is 0 Å². The van der Waals surface area contributed by atoms with Crippen LogP contribution in [0.25, 0.3) is 0 Å². The third-order valence-corrected chi connectivity index (χ3v) is 7.68. The molecule has 0 radical (unpaired) electrons. The molecule has 0 saturated heterocycles. The minimum Gasteiger partial charge on any atom is -0.544 e. The topological polar surface area (TPSA) is 9.23 Å². The Labute approximate surface area is 115 Å². The molecule has 1 nitrogen and oxygen atoms in total. The number of hydrogen-bond acceptors (Lipinski definition) is 1. The lowest BCUT2D eigenvalue weighted by Gasteiger charge is -2.37. The molecule has 0 aliphatic rings. The molecule has 0 N–H and O–H groups in total. The molecule has 0 aromatic heterocycles. The minimum atomic E-state index is -1.73. The molecule has 0 aliphatic carbocycles. The van der Waals surface area contributed by atoms with Crippen LogP contribution in [-0.2, 0) is 4.43 Å². The predicted octanol–water partition coefficient (Wildman–Crippen LogP) is 5.76. The molecule has 0 unspecified atom stereocenters. The maximum atomic E-state index is 6.38. The average Bonchev–Trinajstić information content (AvgIpc) is 2.10. The summed E-state index contributed by atoms with van der Waals surface area (Å²) in [5.74, 6) is 2.12. The van der Waals surface area contributed by atoms with Gasteiger partial charge in [-0.15, -0.1) is 0 Å². The van der Waals surface area contributed by atoms with Crippen LogP contribution in [0.3, 0.4) is 0 Å². The molecule has 0 amide bonds. The van der Waals surface area contributed by atoms with Gasteiger partial charge >= 0.3 is 0 Å². The molecule has 0 bridgehead atoms. The van der Waals surface area contributed by atoms with Crippen molar-refractivity contribution in [1.82, 2.24) is 0 Å². The van der Waals surface area contributed by atoms with E-state index in [9.17, 15) is 0 Å². The van der Waals surface area contributed by atoms with Crippen molar-refractivity contribution in [3.8, 4) is 0 Å². The van der Waals surface area contributed by atoms with Crippen molar-refractivity contribution < 1.29 is 4.43 Å². The van der Waals surface area contributed by atoms with E-state index in [1.54, 1.807) is 0 Å². The molecule has 106 valence electrons. The van der Waals surface area contributed by atoms with Gasteiger partial charge < -0.3 is 4.43 Å². The van der Waals surface area contributed by atoms with Gasteiger partial charge in [0.2, 0.25) is 8.32 Å². The van der Waals surface area contributed by atoms with Crippen LogP contribution in [0.4, 0.5) is 0 Å². The fraction of sp³-hybridized carbons (Fsp3) is 0.750. The van der Waals surface area contributed by atoms with Crippen LogP contribution in [0.1, 0.15) is 48.5 Å². The maximum Gasteiger partial charge on any atom is 0.250 e. The summed E-state index contributed by atoms with van der Waals surface area (Å²) in [6.45, 7) is 20.2. The van der Waals surface area contributed by atoms with Crippen molar-refractivity contribution in [2.45, 2.75) is 66.6 Å². The lowest BCUT2D eigenvalue weighted by Crippen LogP contribution is -2.40. The van der Waals surface area contributed by atoms with E-state index in [1.165, 1.54) is 0 Å². The summed E-state index contributed by atoms with van der Waals surface area (Å²) >= 11 is 0. The van der Waals surface area contributed by atoms with E-state index < -0.39 is 8.32 Å². The van der Waals surface area contributed by atoms with Crippen molar-refractivity contribution in [2.75, 3.05) is 0 Å². The normalized spacial score (nSPS) is 14.9. The van der Waals surface area contributed by atoms with E-state index in [0.717, 1.165) is 5.76 Å². The fourth-order valence-electron chi connectivity index (χ4n) is 1.19. The molecule has 0 heterocycles. The smallest absolute Gasteiger partial charge is 0.250 e. The lowest BCUT2D eigenvalue weighted by molar-refractivity contribution is 0.395. The van der Waals surface area contributed by atoms with Crippen LogP contribution in [-0.4, -0.2) is 8.32 Å². The van der Waals surface area contributed by atoms with Gasteiger partial charge in [0.05, 0.1) is 5.76 Å². The standard InChI is InChI=1S/C16H32OSi/c1-13(2)10-11-15(12-14(3)4)17-18(8,9)16(5,6)7/h10-14H,1-9H3/b11-10+,15-12-. The highest BCUT2D eigenvalue weighted by Gasteiger charge is 2.39. The maximum absolute atomic E-state index is 6.38. The number of allylic oxidation sites excluding steroid dienone is 3. The van der Waals surface area contributed by atoms with Gasteiger partial charge in [0, 0.05) is 0 Å². The highest BCUT2D eigenvalue weighted by atomic mass is 28.4. The predicted molar refractivity (Wildman–Crippen MR) is 85.2 cm³/mol. The van der Waals surface area contributed by atoms with Gasteiger partial charge in [-0.2, -0.15) is 0 Å². The second kappa shape index (κ2) is 6.60. The largest absolute Gasteiger partial charge is 0.544 e. The van der Waals surface area contributed by atoms with E-state index in [-0.39, 0.29) is 5.04 Å². The van der Waals surface area contributed by atoms with Crippen LogP contribution in [0.15, 0.2) is 24.0 Å². The second-order valence-corrected chi connectivity index (χ2v) is 12.0. The highest BCUT2D eigenvalue weighted by molar-refractivity contribution is 6.74. The van der Waals surface area contributed by atoms with Gasteiger partial charge in [0.1, 0.15) is 0 Å². The molecule has 2 heteroatoms. The lowest BCUT2D eigenvalue weighted by atomic mass is 10.1. The zero-order chi connectivity index (χ0) is 14.6. The van der Waals surface area contributed by atoms with Crippen molar-refractivity contribution in [3.63, 3.8) is 0 Å². The third-order valence-electron chi connectivity index (χ3n) is 3.32. The van der Waals surface area contributed by atoms with Gasteiger partial charge in [-0.05, 0) is 42.1 Å². The van der Waals surface area contributed by atoms with Gasteiger partial charge in [-0.3, -0.25) is 0 Å². The monoisotopic (exact) mass is 268 g/mol. The summed E-state index contributed by atoms with van der Waals surface area (Å²) in [5.41, 5.74) is 0. The summed E-state index contributed by atoms with van der Waals surface area (Å²) < 4.78 is 6.38. The van der Waals surface area contributed by atoms with Crippen LogP contribution in [0.5, 0.6) is 0 Å². The summed E-state index contributed by atoms with van der Waals surface area (Å²) in [6.07, 6.45) is 6.58. The molecular formula is C16H32OSi. The van der Waals surface area contributed by atoms with Gasteiger partial charge in [0.25, 0.3) is 0 Å². The fourth-order valence-corrected chi connectivity index (χ4v) is 2.22. The van der Waals surface area contributed by atoms with E-state index >= 15 is 0 Å². The quantitative estimate of drug-likeness (QED) is 0.350. The van der Waals surface area contributed by atoms with E-state index in [4.69, 9.17) is 4.43 Å². The zero-order valence-corrected chi connectivity index (χ0v) is 14.8. The van der Waals surface area contributed by atoms with Crippen LogP contribution in [0.2, 0.25) is 18.1 Å². The summed E-state index contributed by atoms with van der Waals surface area (Å²) in [7, 11) is -1.73. The Morgan fingerprint density at radius 2 is 1.50 bits per heavy atom. The van der Waals surface area contributed by atoms with Crippen LogP contribution in [0, 0.1) is 11.8 Å². The van der Waals surface area contributed by atoms with Crippen molar-refractivity contribution in [1.29, 1.82) is 0 Å². The molecule has 0 spiro atoms. The first-order valence-corrected chi connectivity index (χ1v) is 9.95. The Hall–Kier alpha value is -0.503. The van der Waals surface area contributed by atoms with Crippen molar-refractivity contribution in [2.24, 2.45) is 11.8 Å². The second-order valence-electron chi connectivity index (χ2n) is 7.28. The highest BCUT2D eigenvalue weighted by Crippen LogP contribution is 2.38. The van der Waals surface area contributed by atoms with Crippen LogP contribution >= 0.6 is 0 Å². The first-order valence-electron chi connectivity index (χ1n) is 7.04. The summed E-state index contributed by atoms with van der Waals surface area (Å²) in [4.78, 5) is 0. The SMILES string of the molecule is CC(C)/C=C(/C=C/C(C)C)O[Si](C)(C)C(C)(C)C. The van der Waals surface area contributed by atoms with Gasteiger partial charge in [0.15, 0.2) is 0 Å². The molecule has 0 rings (SSSR count). The van der Waals surface area contributed by atoms with Crippen molar-refractivity contribution >= 4 is 8.32 Å². The summed E-state index contributed by atoms with van der Waals surface area (Å²) in [6, 6.07) is 0. The molecule has 0 fully saturated rings. The molecule has 0 saturated carbocycles. The first kappa shape index (κ1) is 17.5. The Kier molecular flexibility index (Phi) is 6.42. The molecular weight excluding hydrogens is 236 g/mol. The molecule has 0 atom stereocenters. The van der Waals surface area contributed by atoms with Gasteiger partial charge in [-0.1, -0.05) is 54.5 Å². The Bertz CT molecular complexity index is 304. The van der Waals surface area contributed by atoms with E-state index in [0.29, 0.717) is 11.8 Å². The van der Waals surface area contributed by atoms with E-state index in [2.05, 4.69) is 79.8 Å².